The van der Waals surface area contributed by atoms with Crippen molar-refractivity contribution in [3.05, 3.63) is 16.9 Å². The lowest BCUT2D eigenvalue weighted by molar-refractivity contribution is -0.122. The first-order valence-corrected chi connectivity index (χ1v) is 13.4. The van der Waals surface area contributed by atoms with Gasteiger partial charge in [-0.25, -0.2) is 8.42 Å². The summed E-state index contributed by atoms with van der Waals surface area (Å²) in [6.07, 6.45) is 5.26. The number of hydrogen-bond donors (Lipinski definition) is 0. The maximum atomic E-state index is 13.0. The third-order valence-electron chi connectivity index (χ3n) is 5.07. The van der Waals surface area contributed by atoms with Crippen LogP contribution in [0, 0.1) is 0 Å². The summed E-state index contributed by atoms with van der Waals surface area (Å²) in [7, 11) is -3.46. The van der Waals surface area contributed by atoms with Crippen LogP contribution in [0.1, 0.15) is 19.3 Å². The number of aryl methyl sites for hydroxylation is 1. The lowest BCUT2D eigenvalue weighted by Gasteiger charge is -2.31. The zero-order valence-corrected chi connectivity index (χ0v) is 18.7. The highest BCUT2D eigenvalue weighted by Gasteiger charge is 2.34. The molecule has 1 unspecified atom stereocenters. The van der Waals surface area contributed by atoms with Crippen molar-refractivity contribution >= 4 is 49.2 Å². The molecule has 1 aromatic carbocycles. The summed E-state index contributed by atoms with van der Waals surface area (Å²) in [6.45, 7) is 1.26. The van der Waals surface area contributed by atoms with E-state index in [4.69, 9.17) is 9.47 Å². The molecule has 2 aliphatic heterocycles. The van der Waals surface area contributed by atoms with Crippen LogP contribution < -0.4 is 14.3 Å². The lowest BCUT2D eigenvalue weighted by atomic mass is 10.0. The van der Waals surface area contributed by atoms with Gasteiger partial charge in [-0.2, -0.15) is 21.1 Å². The zero-order chi connectivity index (χ0) is 20.6. The number of thiazole rings is 1. The molecular weight excluding hydrogens is 434 g/mol. The molecule has 0 spiro atoms. The van der Waals surface area contributed by atoms with Gasteiger partial charge in [0.15, 0.2) is 16.3 Å². The summed E-state index contributed by atoms with van der Waals surface area (Å²) >= 11 is 3.11. The second kappa shape index (κ2) is 8.29. The van der Waals surface area contributed by atoms with Crippen molar-refractivity contribution in [2.24, 2.45) is 4.99 Å². The molecule has 0 bridgehead atoms. The zero-order valence-electron chi connectivity index (χ0n) is 16.3. The first-order chi connectivity index (χ1) is 13.9. The largest absolute Gasteiger partial charge is 0.454 e. The van der Waals surface area contributed by atoms with Crippen LogP contribution >= 0.6 is 23.1 Å². The van der Waals surface area contributed by atoms with Crippen LogP contribution in [0.4, 0.5) is 0 Å². The molecule has 4 rings (SSSR count). The van der Waals surface area contributed by atoms with Crippen molar-refractivity contribution < 1.29 is 22.7 Å². The second-order valence-corrected chi connectivity index (χ2v) is 11.0. The maximum Gasteiger partial charge on any atom is 0.266 e. The third-order valence-corrected chi connectivity index (χ3v) is 7.99. The third kappa shape index (κ3) is 4.18. The van der Waals surface area contributed by atoms with Gasteiger partial charge < -0.3 is 14.0 Å². The van der Waals surface area contributed by atoms with E-state index in [1.54, 1.807) is 11.8 Å². The number of amides is 1. The number of ether oxygens (including phenoxy) is 2. The maximum absolute atomic E-state index is 13.0. The van der Waals surface area contributed by atoms with Crippen LogP contribution in [-0.4, -0.2) is 60.8 Å². The van der Waals surface area contributed by atoms with Crippen LogP contribution in [0.5, 0.6) is 11.5 Å². The first kappa shape index (κ1) is 20.7. The monoisotopic (exact) mass is 457 g/mol. The molecule has 2 aliphatic rings. The summed E-state index contributed by atoms with van der Waals surface area (Å²) in [6, 6.07) is 3.10. The molecule has 158 valence electrons. The predicted octanol–water partition coefficient (Wildman–Crippen LogP) is 2.04. The summed E-state index contributed by atoms with van der Waals surface area (Å²) in [5.74, 6) is 1.82. The normalized spacial score (nSPS) is 20.5. The molecule has 1 amide bonds. The van der Waals surface area contributed by atoms with Gasteiger partial charge in [0.05, 0.1) is 16.5 Å². The fourth-order valence-electron chi connectivity index (χ4n) is 3.66. The van der Waals surface area contributed by atoms with Gasteiger partial charge in [0, 0.05) is 31.0 Å². The molecule has 3 heterocycles. The minimum atomic E-state index is -3.46. The molecule has 11 heteroatoms. The highest BCUT2D eigenvalue weighted by molar-refractivity contribution is 7.98. The Morgan fingerprint density at radius 2 is 2.07 bits per heavy atom. The molecule has 1 saturated heterocycles. The Kier molecular flexibility index (Phi) is 5.92. The smallest absolute Gasteiger partial charge is 0.266 e. The topological polar surface area (TPSA) is 90.2 Å². The van der Waals surface area contributed by atoms with Crippen LogP contribution in [0.3, 0.4) is 0 Å². The van der Waals surface area contributed by atoms with Crippen molar-refractivity contribution in [3.8, 4) is 11.5 Å². The van der Waals surface area contributed by atoms with Gasteiger partial charge in [-0.05, 0) is 19.1 Å². The van der Waals surface area contributed by atoms with E-state index in [2.05, 4.69) is 4.99 Å². The van der Waals surface area contributed by atoms with Gasteiger partial charge in [0.25, 0.3) is 5.91 Å². The molecule has 0 aliphatic carbocycles. The van der Waals surface area contributed by atoms with E-state index < -0.39 is 22.0 Å². The Bertz CT molecular complexity index is 1110. The molecule has 0 N–H and O–H groups in total. The number of aromatic nitrogens is 1. The Labute approximate surface area is 177 Å². The number of piperidine rings is 1. The summed E-state index contributed by atoms with van der Waals surface area (Å²) in [5.41, 5.74) is 0.934. The Morgan fingerprint density at radius 1 is 1.31 bits per heavy atom. The van der Waals surface area contributed by atoms with Crippen LogP contribution in [0.2, 0.25) is 0 Å². The molecule has 0 radical (unpaired) electrons. The number of carbonyl (C=O) groups is 1. The van der Waals surface area contributed by atoms with Gasteiger partial charge in [-0.15, -0.1) is 0 Å². The molecule has 0 saturated carbocycles. The van der Waals surface area contributed by atoms with Crippen molar-refractivity contribution in [3.63, 3.8) is 0 Å². The molecule has 29 heavy (non-hydrogen) atoms. The minimum absolute atomic E-state index is 0.205. The highest BCUT2D eigenvalue weighted by atomic mass is 32.2. The minimum Gasteiger partial charge on any atom is -0.454 e. The van der Waals surface area contributed by atoms with Gasteiger partial charge >= 0.3 is 0 Å². The fourth-order valence-corrected chi connectivity index (χ4v) is 6.22. The summed E-state index contributed by atoms with van der Waals surface area (Å²) in [4.78, 5) is 18.0. The average molecular weight is 458 g/mol. The van der Waals surface area contributed by atoms with Gasteiger partial charge in [0.2, 0.25) is 16.8 Å². The molecule has 1 aromatic heterocycles. The second-order valence-electron chi connectivity index (χ2n) is 7.04. The highest BCUT2D eigenvalue weighted by Crippen LogP contribution is 2.37. The van der Waals surface area contributed by atoms with Gasteiger partial charge in [0.1, 0.15) is 6.04 Å². The van der Waals surface area contributed by atoms with Crippen molar-refractivity contribution in [2.75, 3.05) is 31.6 Å². The van der Waals surface area contributed by atoms with Crippen LogP contribution in [0.25, 0.3) is 10.2 Å². The van der Waals surface area contributed by atoms with Gasteiger partial charge in [-0.3, -0.25) is 4.79 Å². The first-order valence-electron chi connectivity index (χ1n) is 9.36. The van der Waals surface area contributed by atoms with Crippen LogP contribution in [-0.2, 0) is 21.4 Å². The van der Waals surface area contributed by atoms with E-state index in [1.165, 1.54) is 15.6 Å². The molecule has 1 fully saturated rings. The fraction of sp³-hybridized carbons (Fsp3) is 0.556. The van der Waals surface area contributed by atoms with Gasteiger partial charge in [-0.1, -0.05) is 17.8 Å². The molecule has 8 nitrogen and oxygen atoms in total. The lowest BCUT2D eigenvalue weighted by Crippen LogP contribution is -2.47. The van der Waals surface area contributed by atoms with Crippen molar-refractivity contribution in [2.45, 2.75) is 31.8 Å². The van der Waals surface area contributed by atoms with E-state index in [9.17, 15) is 13.2 Å². The van der Waals surface area contributed by atoms with Crippen molar-refractivity contribution in [1.29, 1.82) is 0 Å². The standard InChI is InChI=1S/C18H23N3O5S3/c1-27-8-7-20-13-9-14-15(26-11-25-14)10-16(13)28-18(20)19-17(22)12-5-3-4-6-21(12)29(2,23)24/h9-10,12H,3-8,11H2,1-2H3. The van der Waals surface area contributed by atoms with Crippen LogP contribution in [0.15, 0.2) is 17.1 Å². The van der Waals surface area contributed by atoms with E-state index in [0.29, 0.717) is 35.8 Å². The number of thioether (sulfide) groups is 1. The van der Waals surface area contributed by atoms with E-state index in [-0.39, 0.29) is 6.79 Å². The average Bonchev–Trinajstić information content (AvgIpc) is 3.27. The Balaban J connectivity index is 1.77. The van der Waals surface area contributed by atoms with E-state index in [1.807, 2.05) is 23.0 Å². The molecular formula is C18H23N3O5S3. The number of sulfonamides is 1. The van der Waals surface area contributed by atoms with Crippen molar-refractivity contribution in [1.82, 2.24) is 8.87 Å². The van der Waals surface area contributed by atoms with E-state index in [0.717, 1.165) is 35.1 Å². The Morgan fingerprint density at radius 3 is 2.79 bits per heavy atom. The number of rotatable bonds is 5. The Hall–Kier alpha value is -1.56. The van der Waals surface area contributed by atoms with E-state index >= 15 is 0 Å². The summed E-state index contributed by atoms with van der Waals surface area (Å²) < 4.78 is 39.4. The molecule has 1 atom stereocenters. The number of hydrogen-bond acceptors (Lipinski definition) is 7. The SMILES string of the molecule is CSCCn1c(=NC(=O)C2CCCCN2S(C)(=O)=O)sc2cc3c(cc21)OCO3. The molecule has 2 aromatic rings. The number of benzene rings is 1. The number of fused-ring (bicyclic) bond motifs is 2. The number of nitrogens with zero attached hydrogens (tertiary/aromatic N) is 3. The summed E-state index contributed by atoms with van der Waals surface area (Å²) in [5, 5.41) is 0. The quantitative estimate of drug-likeness (QED) is 0.683. The number of carbonyl (C=O) groups excluding carboxylic acids is 1. The predicted molar refractivity (Wildman–Crippen MR) is 114 cm³/mol.